The SMILES string of the molecule is O=C(Nc1ccc(N2CCC(NCc3ccco3)CC2)cc1)c1cccc(Cl)c1. The minimum Gasteiger partial charge on any atom is -0.468 e. The molecule has 1 amide bonds. The molecule has 1 aliphatic rings. The number of halogens is 1. The van der Waals surface area contributed by atoms with Gasteiger partial charge in [-0.2, -0.15) is 0 Å². The van der Waals surface area contributed by atoms with Crippen LogP contribution in [0.25, 0.3) is 0 Å². The number of benzene rings is 2. The van der Waals surface area contributed by atoms with Crippen molar-refractivity contribution in [3.63, 3.8) is 0 Å². The van der Waals surface area contributed by atoms with Crippen LogP contribution in [-0.2, 0) is 6.54 Å². The molecule has 3 aromatic rings. The fourth-order valence-corrected chi connectivity index (χ4v) is 3.78. The summed E-state index contributed by atoms with van der Waals surface area (Å²) in [4.78, 5) is 14.7. The van der Waals surface area contributed by atoms with Gasteiger partial charge in [0.2, 0.25) is 0 Å². The number of piperidine rings is 1. The third-order valence-electron chi connectivity index (χ3n) is 5.22. The molecular formula is C23H24ClN3O2. The first-order chi connectivity index (χ1) is 14.2. The van der Waals surface area contributed by atoms with Gasteiger partial charge in [-0.15, -0.1) is 0 Å². The van der Waals surface area contributed by atoms with Gasteiger partial charge in [0.1, 0.15) is 5.76 Å². The third kappa shape index (κ3) is 5.19. The van der Waals surface area contributed by atoms with Gasteiger partial charge >= 0.3 is 0 Å². The number of carbonyl (C=O) groups excluding carboxylic acids is 1. The van der Waals surface area contributed by atoms with Crippen molar-refractivity contribution in [3.8, 4) is 0 Å². The van der Waals surface area contributed by atoms with Gasteiger partial charge in [-0.05, 0) is 67.4 Å². The lowest BCUT2D eigenvalue weighted by Crippen LogP contribution is -2.42. The second kappa shape index (κ2) is 9.16. The van der Waals surface area contributed by atoms with Crippen LogP contribution in [0.1, 0.15) is 29.0 Å². The Hall–Kier alpha value is -2.76. The maximum atomic E-state index is 12.3. The number of furan rings is 1. The van der Waals surface area contributed by atoms with E-state index in [1.54, 1.807) is 30.5 Å². The maximum absolute atomic E-state index is 12.3. The maximum Gasteiger partial charge on any atom is 0.255 e. The monoisotopic (exact) mass is 409 g/mol. The molecule has 1 aromatic heterocycles. The van der Waals surface area contributed by atoms with E-state index in [2.05, 4.69) is 27.7 Å². The van der Waals surface area contributed by atoms with Gasteiger partial charge in [0.25, 0.3) is 5.91 Å². The van der Waals surface area contributed by atoms with E-state index in [4.69, 9.17) is 16.0 Å². The molecule has 1 fully saturated rings. The van der Waals surface area contributed by atoms with E-state index in [1.807, 2.05) is 24.3 Å². The number of anilines is 2. The summed E-state index contributed by atoms with van der Waals surface area (Å²) >= 11 is 5.96. The number of amides is 1. The van der Waals surface area contributed by atoms with Crippen molar-refractivity contribution in [2.75, 3.05) is 23.3 Å². The molecule has 0 spiro atoms. The number of nitrogens with zero attached hydrogens (tertiary/aromatic N) is 1. The molecule has 150 valence electrons. The standard InChI is InChI=1S/C23H24ClN3O2/c24-18-4-1-3-17(15-18)23(28)26-20-6-8-21(9-7-20)27-12-10-19(11-13-27)25-16-22-5-2-14-29-22/h1-9,14-15,19,25H,10-13,16H2,(H,26,28). The Kier molecular flexibility index (Phi) is 6.17. The van der Waals surface area contributed by atoms with E-state index in [-0.39, 0.29) is 5.91 Å². The highest BCUT2D eigenvalue weighted by Gasteiger charge is 2.19. The fraction of sp³-hybridized carbons (Fsp3) is 0.261. The summed E-state index contributed by atoms with van der Waals surface area (Å²) in [7, 11) is 0. The van der Waals surface area contributed by atoms with E-state index in [1.165, 1.54) is 5.69 Å². The molecule has 1 aliphatic heterocycles. The molecule has 1 saturated heterocycles. The highest BCUT2D eigenvalue weighted by atomic mass is 35.5. The molecule has 29 heavy (non-hydrogen) atoms. The lowest BCUT2D eigenvalue weighted by molar-refractivity contribution is 0.102. The second-order valence-corrected chi connectivity index (χ2v) is 7.67. The van der Waals surface area contributed by atoms with E-state index in [0.29, 0.717) is 16.6 Å². The second-order valence-electron chi connectivity index (χ2n) is 7.23. The molecular weight excluding hydrogens is 386 g/mol. The number of hydrogen-bond acceptors (Lipinski definition) is 4. The predicted octanol–water partition coefficient (Wildman–Crippen LogP) is 4.94. The van der Waals surface area contributed by atoms with Crippen LogP contribution < -0.4 is 15.5 Å². The van der Waals surface area contributed by atoms with Crippen LogP contribution in [-0.4, -0.2) is 25.0 Å². The van der Waals surface area contributed by atoms with Crippen LogP contribution in [0.2, 0.25) is 5.02 Å². The number of rotatable bonds is 6. The lowest BCUT2D eigenvalue weighted by atomic mass is 10.0. The van der Waals surface area contributed by atoms with Crippen LogP contribution in [0.5, 0.6) is 0 Å². The molecule has 6 heteroatoms. The first kappa shape index (κ1) is 19.6. The lowest BCUT2D eigenvalue weighted by Gasteiger charge is -2.34. The normalized spacial score (nSPS) is 14.7. The summed E-state index contributed by atoms with van der Waals surface area (Å²) in [5.41, 5.74) is 2.50. The minimum absolute atomic E-state index is 0.163. The molecule has 0 aliphatic carbocycles. The molecule has 4 rings (SSSR count). The van der Waals surface area contributed by atoms with Crippen LogP contribution in [0.3, 0.4) is 0 Å². The van der Waals surface area contributed by atoms with Gasteiger partial charge in [0.05, 0.1) is 12.8 Å². The van der Waals surface area contributed by atoms with Gasteiger partial charge < -0.3 is 20.0 Å². The molecule has 0 radical (unpaired) electrons. The van der Waals surface area contributed by atoms with Crippen molar-refractivity contribution >= 4 is 28.9 Å². The minimum atomic E-state index is -0.163. The van der Waals surface area contributed by atoms with E-state index >= 15 is 0 Å². The van der Waals surface area contributed by atoms with E-state index < -0.39 is 0 Å². The zero-order valence-electron chi connectivity index (χ0n) is 16.1. The number of carbonyl (C=O) groups is 1. The Morgan fingerprint density at radius 1 is 1.07 bits per heavy atom. The molecule has 2 heterocycles. The molecule has 5 nitrogen and oxygen atoms in total. The van der Waals surface area contributed by atoms with Crippen LogP contribution in [0, 0.1) is 0 Å². The van der Waals surface area contributed by atoms with Gasteiger partial charge in [-0.3, -0.25) is 4.79 Å². The summed E-state index contributed by atoms with van der Waals surface area (Å²) in [6.07, 6.45) is 3.89. The average molecular weight is 410 g/mol. The Balaban J connectivity index is 1.28. The third-order valence-corrected chi connectivity index (χ3v) is 5.45. The summed E-state index contributed by atoms with van der Waals surface area (Å²) < 4.78 is 5.38. The van der Waals surface area contributed by atoms with Crippen molar-refractivity contribution in [2.24, 2.45) is 0 Å². The first-order valence-corrected chi connectivity index (χ1v) is 10.2. The summed E-state index contributed by atoms with van der Waals surface area (Å²) in [6, 6.07) is 19.4. The highest BCUT2D eigenvalue weighted by molar-refractivity contribution is 6.31. The van der Waals surface area contributed by atoms with E-state index in [9.17, 15) is 4.79 Å². The van der Waals surface area contributed by atoms with Crippen molar-refractivity contribution in [1.29, 1.82) is 0 Å². The molecule has 0 unspecified atom stereocenters. The quantitative estimate of drug-likeness (QED) is 0.605. The number of nitrogens with one attached hydrogen (secondary N) is 2. The molecule has 2 aromatic carbocycles. The van der Waals surface area contributed by atoms with Crippen molar-refractivity contribution < 1.29 is 9.21 Å². The topological polar surface area (TPSA) is 57.5 Å². The summed E-state index contributed by atoms with van der Waals surface area (Å²) in [5, 5.41) is 7.04. The Bertz CT molecular complexity index is 933. The van der Waals surface area contributed by atoms with Gasteiger partial charge in [-0.1, -0.05) is 17.7 Å². The molecule has 0 bridgehead atoms. The Morgan fingerprint density at radius 2 is 1.86 bits per heavy atom. The predicted molar refractivity (Wildman–Crippen MR) is 117 cm³/mol. The molecule has 0 saturated carbocycles. The Morgan fingerprint density at radius 3 is 2.55 bits per heavy atom. The van der Waals surface area contributed by atoms with Crippen LogP contribution in [0.15, 0.2) is 71.3 Å². The zero-order valence-corrected chi connectivity index (χ0v) is 16.9. The van der Waals surface area contributed by atoms with Gasteiger partial charge in [0.15, 0.2) is 0 Å². The highest BCUT2D eigenvalue weighted by Crippen LogP contribution is 2.23. The van der Waals surface area contributed by atoms with E-state index in [0.717, 1.165) is 43.9 Å². The fourth-order valence-electron chi connectivity index (χ4n) is 3.59. The summed E-state index contributed by atoms with van der Waals surface area (Å²) in [5.74, 6) is 0.812. The Labute approximate surface area is 175 Å². The smallest absolute Gasteiger partial charge is 0.255 e. The average Bonchev–Trinajstić information content (AvgIpc) is 3.27. The van der Waals surface area contributed by atoms with Gasteiger partial charge in [0, 0.05) is 41.1 Å². The van der Waals surface area contributed by atoms with Crippen LogP contribution >= 0.6 is 11.6 Å². The first-order valence-electron chi connectivity index (χ1n) is 9.85. The number of hydrogen-bond donors (Lipinski definition) is 2. The zero-order chi connectivity index (χ0) is 20.1. The van der Waals surface area contributed by atoms with Crippen molar-refractivity contribution in [3.05, 3.63) is 83.3 Å². The molecule has 0 atom stereocenters. The van der Waals surface area contributed by atoms with Crippen molar-refractivity contribution in [1.82, 2.24) is 5.32 Å². The molecule has 2 N–H and O–H groups in total. The largest absolute Gasteiger partial charge is 0.468 e. The van der Waals surface area contributed by atoms with Gasteiger partial charge in [-0.25, -0.2) is 0 Å². The van der Waals surface area contributed by atoms with Crippen LogP contribution in [0.4, 0.5) is 11.4 Å². The van der Waals surface area contributed by atoms with Crippen molar-refractivity contribution in [2.45, 2.75) is 25.4 Å². The summed E-state index contributed by atoms with van der Waals surface area (Å²) in [6.45, 7) is 2.78.